The van der Waals surface area contributed by atoms with Gasteiger partial charge in [-0.25, -0.2) is 9.37 Å². The van der Waals surface area contributed by atoms with Crippen molar-refractivity contribution in [3.05, 3.63) is 30.8 Å². The lowest BCUT2D eigenvalue weighted by Gasteiger charge is -2.13. The zero-order chi connectivity index (χ0) is 15.5. The van der Waals surface area contributed by atoms with Gasteiger partial charge in [0.1, 0.15) is 11.9 Å². The molecule has 1 aromatic carbocycles. The van der Waals surface area contributed by atoms with Crippen molar-refractivity contribution in [1.82, 2.24) is 10.3 Å². The van der Waals surface area contributed by atoms with Crippen LogP contribution in [0.4, 0.5) is 10.1 Å². The van der Waals surface area contributed by atoms with E-state index >= 15 is 0 Å². The molecule has 1 fully saturated rings. The van der Waals surface area contributed by atoms with E-state index in [-0.39, 0.29) is 18.9 Å². The molecule has 2 aromatic rings. The molecule has 6 nitrogen and oxygen atoms in total. The molecule has 0 radical (unpaired) electrons. The molecule has 1 amide bonds. The molecule has 1 saturated heterocycles. The molecular weight excluding hydrogens is 289 g/mol. The monoisotopic (exact) mass is 305 g/mol. The van der Waals surface area contributed by atoms with Crippen LogP contribution in [0.25, 0.3) is 11.3 Å². The summed E-state index contributed by atoms with van der Waals surface area (Å²) in [5.41, 5.74) is 1.31. The van der Waals surface area contributed by atoms with E-state index in [2.05, 4.69) is 15.6 Å². The summed E-state index contributed by atoms with van der Waals surface area (Å²) in [6.07, 6.45) is 2.14. The number of nitrogens with zero attached hydrogens (tertiary/aromatic N) is 1. The van der Waals surface area contributed by atoms with E-state index in [1.54, 1.807) is 24.4 Å². The molecule has 0 bridgehead atoms. The zero-order valence-electron chi connectivity index (χ0n) is 12.0. The van der Waals surface area contributed by atoms with Crippen LogP contribution >= 0.6 is 0 Å². The van der Waals surface area contributed by atoms with Crippen molar-refractivity contribution in [2.75, 3.05) is 19.0 Å². The highest BCUT2D eigenvalue weighted by atomic mass is 19.1. The summed E-state index contributed by atoms with van der Waals surface area (Å²) in [6, 6.07) is 4.70. The van der Waals surface area contributed by atoms with Gasteiger partial charge in [-0.15, -0.1) is 0 Å². The third-order valence-electron chi connectivity index (χ3n) is 3.56. The summed E-state index contributed by atoms with van der Waals surface area (Å²) in [5, 5.41) is 5.60. The zero-order valence-corrected chi connectivity index (χ0v) is 12.0. The maximum absolute atomic E-state index is 13.1. The Balaban J connectivity index is 1.76. The molecule has 1 aromatic heterocycles. The lowest BCUT2D eigenvalue weighted by atomic mass is 10.1. The van der Waals surface area contributed by atoms with Crippen LogP contribution in [0, 0.1) is 0 Å². The molecule has 0 unspecified atom stereocenters. The molecule has 7 heteroatoms. The second-order valence-electron chi connectivity index (χ2n) is 5.06. The number of nitrogens with one attached hydrogen (secondary N) is 2. The minimum absolute atomic E-state index is 0.194. The van der Waals surface area contributed by atoms with Crippen molar-refractivity contribution in [3.8, 4) is 17.1 Å². The van der Waals surface area contributed by atoms with Gasteiger partial charge in [-0.05, 0) is 12.1 Å². The Morgan fingerprint density at radius 3 is 3.05 bits per heavy atom. The van der Waals surface area contributed by atoms with Crippen molar-refractivity contribution >= 4 is 11.6 Å². The predicted octanol–water partition coefficient (Wildman–Crippen LogP) is 1.99. The normalized spacial score (nSPS) is 20.8. The van der Waals surface area contributed by atoms with Gasteiger partial charge in [-0.3, -0.25) is 4.79 Å². The predicted molar refractivity (Wildman–Crippen MR) is 78.4 cm³/mol. The van der Waals surface area contributed by atoms with E-state index in [0.717, 1.165) is 5.56 Å². The molecular formula is C15H16FN3O3. The van der Waals surface area contributed by atoms with Crippen molar-refractivity contribution in [2.45, 2.75) is 18.6 Å². The van der Waals surface area contributed by atoms with Gasteiger partial charge in [0.25, 0.3) is 0 Å². The first-order valence-electron chi connectivity index (χ1n) is 6.92. The molecule has 0 spiro atoms. The number of ether oxygens (including phenoxy) is 1. The summed E-state index contributed by atoms with van der Waals surface area (Å²) >= 11 is 0. The van der Waals surface area contributed by atoms with Crippen LogP contribution in [0.5, 0.6) is 5.75 Å². The highest BCUT2D eigenvalue weighted by molar-refractivity contribution is 5.95. The summed E-state index contributed by atoms with van der Waals surface area (Å²) in [5.74, 6) is 0.874. The molecule has 2 N–H and O–H groups in total. The molecule has 0 saturated carbocycles. The number of aromatic nitrogens is 1. The molecule has 116 valence electrons. The Bertz CT molecular complexity index is 660. The van der Waals surface area contributed by atoms with Crippen LogP contribution in [-0.2, 0) is 4.79 Å². The lowest BCUT2D eigenvalue weighted by Crippen LogP contribution is -2.35. The number of hydrogen-bond donors (Lipinski definition) is 2. The van der Waals surface area contributed by atoms with Gasteiger partial charge >= 0.3 is 0 Å². The van der Waals surface area contributed by atoms with E-state index in [9.17, 15) is 9.18 Å². The van der Waals surface area contributed by atoms with E-state index < -0.39 is 12.2 Å². The highest BCUT2D eigenvalue weighted by Crippen LogP contribution is 2.32. The molecule has 2 atom stereocenters. The second kappa shape index (κ2) is 6.15. The summed E-state index contributed by atoms with van der Waals surface area (Å²) < 4.78 is 23.7. The number of hydrogen-bond acceptors (Lipinski definition) is 5. The van der Waals surface area contributed by atoms with Crippen LogP contribution in [0.1, 0.15) is 6.42 Å². The van der Waals surface area contributed by atoms with Gasteiger partial charge in [0.05, 0.1) is 24.9 Å². The number of methoxy groups -OCH3 is 1. The third kappa shape index (κ3) is 2.94. The molecule has 3 rings (SSSR count). The second-order valence-corrected chi connectivity index (χ2v) is 5.06. The lowest BCUT2D eigenvalue weighted by molar-refractivity contribution is -0.117. The van der Waals surface area contributed by atoms with Crippen LogP contribution in [0.2, 0.25) is 0 Å². The molecule has 1 aliphatic heterocycles. The average Bonchev–Trinajstić information content (AvgIpc) is 3.18. The molecule has 2 heterocycles. The minimum atomic E-state index is -0.973. The number of amides is 1. The largest absolute Gasteiger partial charge is 0.496 e. The number of carbonyl (C=O) groups excluding carboxylic acids is 1. The number of alkyl halides is 1. The Morgan fingerprint density at radius 1 is 1.55 bits per heavy atom. The van der Waals surface area contributed by atoms with Gasteiger partial charge < -0.3 is 19.8 Å². The Kier molecular flexibility index (Phi) is 4.06. The minimum Gasteiger partial charge on any atom is -0.496 e. The topological polar surface area (TPSA) is 76.4 Å². The molecule has 0 aliphatic carbocycles. The number of anilines is 1. The maximum atomic E-state index is 13.1. The number of benzene rings is 1. The van der Waals surface area contributed by atoms with Crippen LogP contribution in [0.15, 0.2) is 35.2 Å². The fraction of sp³-hybridized carbons (Fsp3) is 0.333. The Hall–Kier alpha value is -2.41. The number of rotatable bonds is 4. The van der Waals surface area contributed by atoms with Crippen molar-refractivity contribution in [1.29, 1.82) is 0 Å². The molecule has 22 heavy (non-hydrogen) atoms. The van der Waals surface area contributed by atoms with Crippen LogP contribution in [0.3, 0.4) is 0 Å². The third-order valence-corrected chi connectivity index (χ3v) is 3.56. The smallest absolute Gasteiger partial charge is 0.241 e. The standard InChI is InChI=1S/C15H16FN3O3/c1-21-13-5-10(2-3-11(13)14-7-17-8-22-14)19-15(20)12-4-9(16)6-18-12/h2-3,5,7-9,12,18H,4,6H2,1H3,(H,19,20)/t9-,12+/m0/s1. The summed E-state index contributed by atoms with van der Waals surface area (Å²) in [6.45, 7) is 0.214. The quantitative estimate of drug-likeness (QED) is 0.903. The fourth-order valence-corrected chi connectivity index (χ4v) is 2.44. The van der Waals surface area contributed by atoms with Gasteiger partial charge in [0.2, 0.25) is 5.91 Å². The Labute approximate surface area is 126 Å². The van der Waals surface area contributed by atoms with Crippen molar-refractivity contribution in [3.63, 3.8) is 0 Å². The maximum Gasteiger partial charge on any atom is 0.241 e. The number of carbonyl (C=O) groups is 1. The van der Waals surface area contributed by atoms with Crippen molar-refractivity contribution in [2.24, 2.45) is 0 Å². The van der Waals surface area contributed by atoms with Gasteiger partial charge in [0, 0.05) is 24.7 Å². The summed E-state index contributed by atoms with van der Waals surface area (Å²) in [7, 11) is 1.53. The fourth-order valence-electron chi connectivity index (χ4n) is 2.44. The first-order valence-corrected chi connectivity index (χ1v) is 6.92. The van der Waals surface area contributed by atoms with Gasteiger partial charge in [0.15, 0.2) is 12.2 Å². The Morgan fingerprint density at radius 2 is 2.41 bits per heavy atom. The van der Waals surface area contributed by atoms with Gasteiger partial charge in [-0.2, -0.15) is 0 Å². The van der Waals surface area contributed by atoms with Gasteiger partial charge in [-0.1, -0.05) is 0 Å². The number of halogens is 1. The first kappa shape index (κ1) is 14.5. The first-order chi connectivity index (χ1) is 10.7. The van der Waals surface area contributed by atoms with E-state index in [1.165, 1.54) is 13.5 Å². The SMILES string of the molecule is COc1cc(NC(=O)[C@H]2C[C@H](F)CN2)ccc1-c1cnco1. The highest BCUT2D eigenvalue weighted by Gasteiger charge is 2.29. The summed E-state index contributed by atoms with van der Waals surface area (Å²) in [4.78, 5) is 15.9. The van der Waals surface area contributed by atoms with Crippen molar-refractivity contribution < 1.29 is 18.3 Å². The molecule has 1 aliphatic rings. The van der Waals surface area contributed by atoms with Crippen LogP contribution < -0.4 is 15.4 Å². The van der Waals surface area contributed by atoms with E-state index in [4.69, 9.17) is 9.15 Å². The van der Waals surface area contributed by atoms with E-state index in [1.807, 2.05) is 0 Å². The average molecular weight is 305 g/mol. The van der Waals surface area contributed by atoms with Crippen LogP contribution in [-0.4, -0.2) is 36.8 Å². The number of oxazole rings is 1. The van der Waals surface area contributed by atoms with E-state index in [0.29, 0.717) is 17.2 Å².